The minimum Gasteiger partial charge on any atom is -0.743 e. The Morgan fingerprint density at radius 2 is 1.75 bits per heavy atom. The van der Waals surface area contributed by atoms with Gasteiger partial charge in [0.1, 0.15) is 11.3 Å². The Morgan fingerprint density at radius 3 is 2.31 bits per heavy atom. The van der Waals surface area contributed by atoms with Crippen LogP contribution >= 0.6 is 45.2 Å². The van der Waals surface area contributed by atoms with Crippen LogP contribution in [0.25, 0.3) is 0 Å². The van der Waals surface area contributed by atoms with E-state index in [0.717, 1.165) is 12.1 Å². The van der Waals surface area contributed by atoms with Crippen LogP contribution in [0.15, 0.2) is 30.3 Å². The molecule has 172 valence electrons. The number of alkyl halides is 2. The van der Waals surface area contributed by atoms with Crippen LogP contribution in [0, 0.1) is 17.3 Å². The number of nitrogens with zero attached hydrogens (tertiary/aromatic N) is 1. The van der Waals surface area contributed by atoms with Crippen molar-refractivity contribution in [2.45, 2.75) is 5.25 Å². The molecular formula is C16H9F2I2N2O9S-. The highest BCUT2D eigenvalue weighted by Crippen LogP contribution is 2.29. The molecule has 32 heavy (non-hydrogen) atoms. The third-order valence-corrected chi connectivity index (χ3v) is 6.01. The fourth-order valence-corrected chi connectivity index (χ4v) is 4.16. The van der Waals surface area contributed by atoms with Crippen molar-refractivity contribution in [3.8, 4) is 5.75 Å². The fourth-order valence-electron chi connectivity index (χ4n) is 2.12. The van der Waals surface area contributed by atoms with Crippen LogP contribution in [0.4, 0.5) is 20.2 Å². The van der Waals surface area contributed by atoms with Crippen LogP contribution in [-0.4, -0.2) is 41.7 Å². The molecule has 0 bridgehead atoms. The number of hydrogen-bond acceptors (Lipinski definition) is 10. The van der Waals surface area contributed by atoms with Crippen molar-refractivity contribution < 1.29 is 45.7 Å². The molecule has 2 rings (SSSR count). The monoisotopic (exact) mass is 697 g/mol. The lowest BCUT2D eigenvalue weighted by Crippen LogP contribution is -2.34. The number of nitrogens with two attached hydrogens (primary N) is 1. The van der Waals surface area contributed by atoms with E-state index in [0.29, 0.717) is 13.2 Å². The van der Waals surface area contributed by atoms with Gasteiger partial charge in [0.15, 0.2) is 16.7 Å². The summed E-state index contributed by atoms with van der Waals surface area (Å²) in [5, 5.41) is 6.18. The first-order valence-corrected chi connectivity index (χ1v) is 11.5. The van der Waals surface area contributed by atoms with E-state index in [-0.39, 0.29) is 11.3 Å². The summed E-state index contributed by atoms with van der Waals surface area (Å²) in [5.74, 6) is -3.12. The predicted octanol–water partition coefficient (Wildman–Crippen LogP) is 2.90. The molecular weight excluding hydrogens is 688 g/mol. The number of benzene rings is 2. The topological polar surface area (TPSA) is 179 Å². The summed E-state index contributed by atoms with van der Waals surface area (Å²) in [6, 6.07) is 5.46. The van der Waals surface area contributed by atoms with Gasteiger partial charge in [-0.05, 0) is 63.4 Å². The Balaban J connectivity index is 2.35. The molecule has 0 aliphatic carbocycles. The predicted molar refractivity (Wildman–Crippen MR) is 119 cm³/mol. The molecule has 0 radical (unpaired) electrons. The maximum Gasteiger partial charge on any atom is 0.367 e. The first kappa shape index (κ1) is 26.1. The fraction of sp³-hybridized carbons (Fsp3) is 0.125. The lowest BCUT2D eigenvalue weighted by molar-refractivity contribution is -0.385. The third kappa shape index (κ3) is 5.98. The second kappa shape index (κ2) is 9.75. The SMILES string of the molecule is Nc1c(I)cc(I)cc1C(=O)Oc1ccc([N+](=O)[O-])c(C(=O)OCC(F)(F)S(=O)(=O)[O-])c1. The molecule has 16 heteroatoms. The average molecular weight is 697 g/mol. The number of anilines is 1. The zero-order valence-electron chi connectivity index (χ0n) is 15.2. The number of hydrogen-bond donors (Lipinski definition) is 1. The van der Waals surface area contributed by atoms with Crippen molar-refractivity contribution >= 4 is 78.6 Å². The van der Waals surface area contributed by atoms with Crippen LogP contribution in [0.1, 0.15) is 20.7 Å². The summed E-state index contributed by atoms with van der Waals surface area (Å²) in [5.41, 5.74) is 4.06. The van der Waals surface area contributed by atoms with E-state index in [4.69, 9.17) is 10.5 Å². The van der Waals surface area contributed by atoms with Crippen molar-refractivity contribution in [1.29, 1.82) is 0 Å². The highest BCUT2D eigenvalue weighted by atomic mass is 127. The molecule has 0 unspecified atom stereocenters. The number of carbonyl (C=O) groups excluding carboxylic acids is 2. The quantitative estimate of drug-likeness (QED) is 0.0861. The molecule has 2 N–H and O–H groups in total. The van der Waals surface area contributed by atoms with E-state index in [1.807, 2.05) is 45.2 Å². The summed E-state index contributed by atoms with van der Waals surface area (Å²) >= 11 is 3.81. The Bertz CT molecular complexity index is 1220. The van der Waals surface area contributed by atoms with E-state index in [9.17, 15) is 41.5 Å². The van der Waals surface area contributed by atoms with Crippen molar-refractivity contribution in [3.63, 3.8) is 0 Å². The molecule has 0 amide bonds. The second-order valence-corrected chi connectivity index (χ2v) is 9.76. The highest BCUT2D eigenvalue weighted by Gasteiger charge is 2.40. The Morgan fingerprint density at radius 1 is 1.12 bits per heavy atom. The first-order valence-electron chi connectivity index (χ1n) is 7.89. The molecule has 0 fully saturated rings. The molecule has 0 saturated carbocycles. The van der Waals surface area contributed by atoms with Crippen LogP contribution in [-0.2, 0) is 14.9 Å². The van der Waals surface area contributed by atoms with E-state index in [1.54, 1.807) is 6.07 Å². The standard InChI is InChI=1S/C16H10F2I2N2O9S/c17-16(18,32(27,28)29)6-30-14(23)9-5-8(1-2-12(9)22(25)26)31-15(24)10-3-7(19)4-11(20)13(10)21/h1-5H,6,21H2,(H,27,28,29)/p-1. The summed E-state index contributed by atoms with van der Waals surface area (Å²) in [6.45, 7) is -2.17. The number of carbonyl (C=O) groups is 2. The van der Waals surface area contributed by atoms with Crippen molar-refractivity contribution in [2.24, 2.45) is 0 Å². The number of nitrogen functional groups attached to an aromatic ring is 1. The first-order chi connectivity index (χ1) is 14.6. The van der Waals surface area contributed by atoms with E-state index < -0.39 is 55.8 Å². The second-order valence-electron chi connectivity index (χ2n) is 5.84. The Kier molecular flexibility index (Phi) is 7.94. The molecule has 0 aliphatic rings. The number of esters is 2. The van der Waals surface area contributed by atoms with Gasteiger partial charge >= 0.3 is 17.2 Å². The molecule has 0 atom stereocenters. The lowest BCUT2D eigenvalue weighted by Gasteiger charge is -2.19. The van der Waals surface area contributed by atoms with Crippen molar-refractivity contribution in [1.82, 2.24) is 0 Å². The van der Waals surface area contributed by atoms with Gasteiger partial charge in [0.2, 0.25) is 0 Å². The summed E-state index contributed by atoms with van der Waals surface area (Å²) < 4.78 is 68.2. The number of nitro benzene ring substituents is 1. The third-order valence-electron chi connectivity index (χ3n) is 3.65. The normalized spacial score (nSPS) is 11.7. The average Bonchev–Trinajstić information content (AvgIpc) is 2.67. The molecule has 0 heterocycles. The van der Waals surface area contributed by atoms with E-state index in [1.165, 1.54) is 6.07 Å². The molecule has 11 nitrogen and oxygen atoms in total. The van der Waals surface area contributed by atoms with Gasteiger partial charge < -0.3 is 19.8 Å². The number of rotatable bonds is 7. The molecule has 0 spiro atoms. The minimum atomic E-state index is -6.15. The largest absolute Gasteiger partial charge is 0.743 e. The molecule has 0 aliphatic heterocycles. The van der Waals surface area contributed by atoms with Gasteiger partial charge in [0.05, 0.1) is 16.2 Å². The zero-order valence-corrected chi connectivity index (χ0v) is 20.3. The van der Waals surface area contributed by atoms with E-state index in [2.05, 4.69) is 4.74 Å². The Labute approximate surface area is 205 Å². The van der Waals surface area contributed by atoms with Crippen LogP contribution in [0.3, 0.4) is 0 Å². The number of halogens is 4. The van der Waals surface area contributed by atoms with Gasteiger partial charge in [-0.15, -0.1) is 0 Å². The number of nitro groups is 1. The zero-order chi connectivity index (χ0) is 24.4. The van der Waals surface area contributed by atoms with Crippen LogP contribution in [0.2, 0.25) is 0 Å². The van der Waals surface area contributed by atoms with Gasteiger partial charge in [-0.1, -0.05) is 0 Å². The summed E-state index contributed by atoms with van der Waals surface area (Å²) in [4.78, 5) is 34.6. The maximum atomic E-state index is 13.2. The number of ether oxygens (including phenoxy) is 2. The molecule has 2 aromatic rings. The van der Waals surface area contributed by atoms with Gasteiger partial charge in [-0.25, -0.2) is 18.0 Å². The van der Waals surface area contributed by atoms with Crippen molar-refractivity contribution in [3.05, 3.63) is 58.7 Å². The summed E-state index contributed by atoms with van der Waals surface area (Å²) in [7, 11) is -6.15. The molecule has 0 aromatic heterocycles. The van der Waals surface area contributed by atoms with E-state index >= 15 is 0 Å². The van der Waals surface area contributed by atoms with Gasteiger partial charge in [-0.3, -0.25) is 10.1 Å². The minimum absolute atomic E-state index is 0.0379. The van der Waals surface area contributed by atoms with Crippen LogP contribution in [0.5, 0.6) is 5.75 Å². The maximum absolute atomic E-state index is 13.2. The van der Waals surface area contributed by atoms with Crippen molar-refractivity contribution in [2.75, 3.05) is 12.3 Å². The molecule has 2 aromatic carbocycles. The van der Waals surface area contributed by atoms with Gasteiger partial charge in [0.25, 0.3) is 5.69 Å². The smallest absolute Gasteiger partial charge is 0.367 e. The van der Waals surface area contributed by atoms with Crippen LogP contribution < -0.4 is 10.5 Å². The summed E-state index contributed by atoms with van der Waals surface area (Å²) in [6.07, 6.45) is 0. The lowest BCUT2D eigenvalue weighted by atomic mass is 10.1. The highest BCUT2D eigenvalue weighted by molar-refractivity contribution is 14.1. The molecule has 0 saturated heterocycles. The van der Waals surface area contributed by atoms with Gasteiger partial charge in [0, 0.05) is 19.3 Å². The van der Waals surface area contributed by atoms with Gasteiger partial charge in [-0.2, -0.15) is 8.78 Å². The Hall–Kier alpha value is -2.19.